The number of nitrogens with one attached hydrogen (secondary N) is 3. The van der Waals surface area contributed by atoms with Crippen LogP contribution < -0.4 is 20.7 Å². The van der Waals surface area contributed by atoms with Gasteiger partial charge in [-0.2, -0.15) is 0 Å². The molecule has 0 fully saturated rings. The lowest BCUT2D eigenvalue weighted by Gasteiger charge is -2.13. The number of hydrogen-bond donors (Lipinski definition) is 3. The van der Waals surface area contributed by atoms with Crippen molar-refractivity contribution in [1.82, 2.24) is 10.6 Å². The van der Waals surface area contributed by atoms with Crippen molar-refractivity contribution >= 4 is 34.8 Å². The fourth-order valence-corrected chi connectivity index (χ4v) is 2.70. The Balaban J connectivity index is 1.90. The first-order valence-corrected chi connectivity index (χ1v) is 9.57. The Labute approximate surface area is 175 Å². The molecule has 2 aromatic carbocycles. The van der Waals surface area contributed by atoms with Crippen molar-refractivity contribution in [2.45, 2.75) is 12.8 Å². The van der Waals surface area contributed by atoms with E-state index in [0.29, 0.717) is 37.4 Å². The van der Waals surface area contributed by atoms with Gasteiger partial charge in [-0.1, -0.05) is 24.3 Å². The third-order valence-electron chi connectivity index (χ3n) is 4.04. The Morgan fingerprint density at radius 1 is 1.03 bits per heavy atom. The molecule has 2 amide bonds. The smallest absolute Gasteiger partial charge is 0.261 e. The Hall–Kier alpha value is -2.97. The average molecular weight is 416 g/mol. The van der Waals surface area contributed by atoms with Gasteiger partial charge < -0.3 is 20.1 Å². The minimum Gasteiger partial charge on any atom is -0.490 e. The highest BCUT2D eigenvalue weighted by Gasteiger charge is 2.13. The minimum absolute atomic E-state index is 0.00238. The van der Waals surface area contributed by atoms with Crippen LogP contribution >= 0.6 is 12.2 Å². The fourth-order valence-electron chi connectivity index (χ4n) is 2.49. The molecule has 0 heterocycles. The normalized spacial score (nSPS) is 10.1. The quantitative estimate of drug-likeness (QED) is 0.431. The molecule has 0 radical (unpaired) electrons. The maximum atomic E-state index is 12.5. The second kappa shape index (κ2) is 11.8. The molecule has 0 unspecified atom stereocenters. The highest BCUT2D eigenvalue weighted by atomic mass is 32.1. The van der Waals surface area contributed by atoms with E-state index in [2.05, 4.69) is 16.0 Å². The molecule has 0 aliphatic rings. The highest BCUT2D eigenvalue weighted by Crippen LogP contribution is 2.18. The van der Waals surface area contributed by atoms with Crippen molar-refractivity contribution in [3.05, 3.63) is 59.7 Å². The second-order valence-corrected chi connectivity index (χ2v) is 6.52. The van der Waals surface area contributed by atoms with E-state index < -0.39 is 0 Å². The summed E-state index contributed by atoms with van der Waals surface area (Å²) in [4.78, 5) is 23.9. The third-order valence-corrected chi connectivity index (χ3v) is 4.24. The number of rotatable bonds is 9. The number of para-hydroxylation sites is 1. The van der Waals surface area contributed by atoms with Gasteiger partial charge in [0.25, 0.3) is 5.91 Å². The molecule has 0 aliphatic heterocycles. The first-order valence-electron chi connectivity index (χ1n) is 9.16. The molecule has 154 valence electrons. The molecule has 3 N–H and O–H groups in total. The van der Waals surface area contributed by atoms with Crippen LogP contribution in [0.2, 0.25) is 0 Å². The predicted octanol–water partition coefficient (Wildman–Crippen LogP) is 2.52. The molecule has 0 atom stereocenters. The zero-order chi connectivity index (χ0) is 21.1. The predicted molar refractivity (Wildman–Crippen MR) is 116 cm³/mol. The molecule has 2 aromatic rings. The van der Waals surface area contributed by atoms with Crippen molar-refractivity contribution < 1.29 is 19.1 Å². The minimum atomic E-state index is -0.363. The van der Waals surface area contributed by atoms with Crippen LogP contribution in [0.1, 0.15) is 22.3 Å². The molecule has 7 nitrogen and oxygen atoms in total. The first-order chi connectivity index (χ1) is 14.0. The Kier molecular flexibility index (Phi) is 9.07. The molecule has 0 bridgehead atoms. The van der Waals surface area contributed by atoms with Crippen LogP contribution in [0.25, 0.3) is 0 Å². The molecule has 0 aromatic heterocycles. The summed E-state index contributed by atoms with van der Waals surface area (Å²) in [6.45, 7) is 0.769. The second-order valence-electron chi connectivity index (χ2n) is 6.12. The van der Waals surface area contributed by atoms with E-state index in [9.17, 15) is 9.59 Å². The lowest BCUT2D eigenvalue weighted by atomic mass is 10.1. The zero-order valence-electron chi connectivity index (χ0n) is 16.5. The number of benzene rings is 2. The molecule has 0 saturated heterocycles. The van der Waals surface area contributed by atoms with E-state index in [4.69, 9.17) is 21.7 Å². The summed E-state index contributed by atoms with van der Waals surface area (Å²) >= 11 is 5.24. The number of carbonyl (C=O) groups is 2. The van der Waals surface area contributed by atoms with Gasteiger partial charge in [0.1, 0.15) is 12.4 Å². The molecule has 0 aliphatic carbocycles. The van der Waals surface area contributed by atoms with Crippen LogP contribution in [-0.4, -0.2) is 44.3 Å². The number of thiocarbonyl (C=S) groups is 1. The van der Waals surface area contributed by atoms with Crippen molar-refractivity contribution in [3.63, 3.8) is 0 Å². The molecule has 0 saturated carbocycles. The lowest BCUT2D eigenvalue weighted by Crippen LogP contribution is -2.34. The van der Waals surface area contributed by atoms with Crippen LogP contribution in [-0.2, 0) is 16.0 Å². The lowest BCUT2D eigenvalue weighted by molar-refractivity contribution is -0.120. The van der Waals surface area contributed by atoms with Gasteiger partial charge in [0.2, 0.25) is 5.91 Å². The van der Waals surface area contributed by atoms with E-state index in [-0.39, 0.29) is 16.9 Å². The maximum Gasteiger partial charge on any atom is 0.261 e. The van der Waals surface area contributed by atoms with Gasteiger partial charge in [0.05, 0.1) is 12.2 Å². The summed E-state index contributed by atoms with van der Waals surface area (Å²) in [6, 6.07) is 14.5. The van der Waals surface area contributed by atoms with Gasteiger partial charge >= 0.3 is 0 Å². The van der Waals surface area contributed by atoms with Gasteiger partial charge in [-0.15, -0.1) is 0 Å². The number of anilines is 1. The number of hydrogen-bond acceptors (Lipinski definition) is 5. The Bertz CT molecular complexity index is 840. The van der Waals surface area contributed by atoms with E-state index in [1.165, 1.54) is 0 Å². The fraction of sp³-hybridized carbons (Fsp3) is 0.286. The average Bonchev–Trinajstić information content (AvgIpc) is 2.73. The van der Waals surface area contributed by atoms with Crippen LogP contribution in [0, 0.1) is 0 Å². The van der Waals surface area contributed by atoms with Gasteiger partial charge in [-0.05, 0) is 48.5 Å². The van der Waals surface area contributed by atoms with Crippen molar-refractivity contribution in [2.75, 3.05) is 32.7 Å². The SMILES string of the molecule is CNC(=O)CCc1ccc(NC(=S)NC(=O)c2ccccc2OCCOC)cc1. The van der Waals surface area contributed by atoms with E-state index >= 15 is 0 Å². The van der Waals surface area contributed by atoms with Gasteiger partial charge in [0, 0.05) is 26.3 Å². The summed E-state index contributed by atoms with van der Waals surface area (Å²) in [5.41, 5.74) is 2.16. The number of aryl methyl sites for hydroxylation is 1. The molecular weight excluding hydrogens is 390 g/mol. The van der Waals surface area contributed by atoms with E-state index in [1.807, 2.05) is 24.3 Å². The van der Waals surface area contributed by atoms with Gasteiger partial charge in [-0.3, -0.25) is 14.9 Å². The monoisotopic (exact) mass is 415 g/mol. The molecule has 29 heavy (non-hydrogen) atoms. The summed E-state index contributed by atoms with van der Waals surface area (Å²) in [5, 5.41) is 8.41. The van der Waals surface area contributed by atoms with Gasteiger partial charge in [0.15, 0.2) is 5.11 Å². The van der Waals surface area contributed by atoms with Crippen LogP contribution in [0.4, 0.5) is 5.69 Å². The number of amides is 2. The van der Waals surface area contributed by atoms with Crippen LogP contribution in [0.5, 0.6) is 5.75 Å². The number of ether oxygens (including phenoxy) is 2. The summed E-state index contributed by atoms with van der Waals surface area (Å²) < 4.78 is 10.5. The molecule has 0 spiro atoms. The first kappa shape index (κ1) is 22.3. The summed E-state index contributed by atoms with van der Waals surface area (Å²) in [5.74, 6) is 0.102. The molecule has 8 heteroatoms. The van der Waals surface area contributed by atoms with E-state index in [0.717, 1.165) is 11.3 Å². The number of methoxy groups -OCH3 is 1. The van der Waals surface area contributed by atoms with Crippen LogP contribution in [0.15, 0.2) is 48.5 Å². The molecular formula is C21H25N3O4S. The largest absolute Gasteiger partial charge is 0.490 e. The Morgan fingerprint density at radius 2 is 1.76 bits per heavy atom. The third kappa shape index (κ3) is 7.52. The van der Waals surface area contributed by atoms with Crippen molar-refractivity contribution in [2.24, 2.45) is 0 Å². The van der Waals surface area contributed by atoms with Crippen molar-refractivity contribution in [3.8, 4) is 5.75 Å². The van der Waals surface area contributed by atoms with Crippen LogP contribution in [0.3, 0.4) is 0 Å². The topological polar surface area (TPSA) is 88.7 Å². The van der Waals surface area contributed by atoms with Gasteiger partial charge in [-0.25, -0.2) is 0 Å². The zero-order valence-corrected chi connectivity index (χ0v) is 17.3. The summed E-state index contributed by atoms with van der Waals surface area (Å²) in [6.07, 6.45) is 1.09. The number of carbonyl (C=O) groups excluding carboxylic acids is 2. The maximum absolute atomic E-state index is 12.5. The van der Waals surface area contributed by atoms with E-state index in [1.54, 1.807) is 38.4 Å². The summed E-state index contributed by atoms with van der Waals surface area (Å²) in [7, 11) is 3.20. The molecule has 2 rings (SSSR count). The standard InChI is InChI=1S/C21H25N3O4S/c1-22-19(25)12-9-15-7-10-16(11-8-15)23-21(29)24-20(26)17-5-3-4-6-18(17)28-14-13-27-2/h3-8,10-11H,9,12-14H2,1-2H3,(H,22,25)(H2,23,24,26,29). The Morgan fingerprint density at radius 3 is 2.45 bits per heavy atom. The van der Waals surface area contributed by atoms with Crippen molar-refractivity contribution in [1.29, 1.82) is 0 Å². The highest BCUT2D eigenvalue weighted by molar-refractivity contribution is 7.80.